The Kier molecular flexibility index (Phi) is 5.73. The van der Waals surface area contributed by atoms with Crippen LogP contribution in [-0.4, -0.2) is 29.6 Å². The molecule has 0 radical (unpaired) electrons. The molecule has 0 bridgehead atoms. The van der Waals surface area contributed by atoms with Crippen LogP contribution in [0.15, 0.2) is 103 Å². The highest BCUT2D eigenvalue weighted by Crippen LogP contribution is 2.58. The number of amides is 1. The standard InChI is InChI=1S/C34H24ClFN2O3/c1-19-18-28-34(25-7-3-4-8-26(25)37-33(34)41)29(31(39)20-12-16-23(36)17-13-20)30(32(40)21-10-14-22(35)15-11-21)38(28)27-9-5-2-6-24(19)27/h2-18,28-30H,1H3,(H,37,41)/t28-,29+,30-,34+/m1/s1. The molecule has 3 aliphatic rings. The van der Waals surface area contributed by atoms with E-state index in [1.807, 2.05) is 66.4 Å². The number of anilines is 2. The van der Waals surface area contributed by atoms with Crippen LogP contribution in [0.3, 0.4) is 0 Å². The first-order valence-corrected chi connectivity index (χ1v) is 13.8. The summed E-state index contributed by atoms with van der Waals surface area (Å²) in [6.07, 6.45) is 2.00. The quantitative estimate of drug-likeness (QED) is 0.280. The summed E-state index contributed by atoms with van der Waals surface area (Å²) in [5.41, 5.74) is 3.10. The number of Topliss-reactive ketones (excluding diaryl/α,β-unsaturated/α-hetero) is 2. The first kappa shape index (κ1) is 25.4. The summed E-state index contributed by atoms with van der Waals surface area (Å²) < 4.78 is 13.9. The third kappa shape index (κ3) is 3.57. The minimum atomic E-state index is -1.43. The van der Waals surface area contributed by atoms with E-state index in [0.29, 0.717) is 21.8 Å². The van der Waals surface area contributed by atoms with Crippen molar-refractivity contribution >= 4 is 46.0 Å². The van der Waals surface area contributed by atoms with Gasteiger partial charge >= 0.3 is 0 Å². The fraction of sp³-hybridized carbons (Fsp3) is 0.147. The number of ketones is 2. The number of fused-ring (bicyclic) bond motifs is 6. The van der Waals surface area contributed by atoms with Gasteiger partial charge in [0.25, 0.3) is 0 Å². The smallest absolute Gasteiger partial charge is 0.238 e. The van der Waals surface area contributed by atoms with Gasteiger partial charge in [0.2, 0.25) is 5.91 Å². The highest BCUT2D eigenvalue weighted by molar-refractivity contribution is 6.30. The maximum absolute atomic E-state index is 14.7. The van der Waals surface area contributed by atoms with Crippen LogP contribution in [0.1, 0.15) is 38.8 Å². The number of benzene rings is 4. The Morgan fingerprint density at radius 1 is 0.854 bits per heavy atom. The number of hydrogen-bond donors (Lipinski definition) is 1. The van der Waals surface area contributed by atoms with E-state index in [4.69, 9.17) is 11.6 Å². The average molecular weight is 563 g/mol. The number of para-hydroxylation sites is 2. The number of nitrogens with one attached hydrogen (secondary N) is 1. The van der Waals surface area contributed by atoms with Crippen molar-refractivity contribution in [2.75, 3.05) is 10.2 Å². The summed E-state index contributed by atoms with van der Waals surface area (Å²) in [5.74, 6) is -2.65. The second-order valence-corrected chi connectivity index (χ2v) is 11.2. The maximum atomic E-state index is 14.7. The molecular weight excluding hydrogens is 539 g/mol. The fourth-order valence-electron chi connectivity index (χ4n) is 6.97. The molecule has 5 nitrogen and oxygen atoms in total. The van der Waals surface area contributed by atoms with Crippen molar-refractivity contribution in [1.29, 1.82) is 0 Å². The molecule has 0 aliphatic carbocycles. The predicted octanol–water partition coefficient (Wildman–Crippen LogP) is 6.73. The van der Waals surface area contributed by atoms with Gasteiger partial charge in [-0.1, -0.05) is 54.1 Å². The van der Waals surface area contributed by atoms with Crippen molar-refractivity contribution in [3.63, 3.8) is 0 Å². The van der Waals surface area contributed by atoms with Gasteiger partial charge in [0, 0.05) is 33.1 Å². The molecule has 1 fully saturated rings. The topological polar surface area (TPSA) is 66.5 Å². The molecule has 7 heteroatoms. The number of carbonyl (C=O) groups is 3. The van der Waals surface area contributed by atoms with Crippen molar-refractivity contribution in [2.45, 2.75) is 24.4 Å². The monoisotopic (exact) mass is 562 g/mol. The Balaban J connectivity index is 1.55. The van der Waals surface area contributed by atoms with E-state index in [1.54, 1.807) is 24.3 Å². The van der Waals surface area contributed by atoms with Gasteiger partial charge in [0.15, 0.2) is 11.6 Å². The van der Waals surface area contributed by atoms with E-state index in [2.05, 4.69) is 5.32 Å². The molecule has 1 spiro atoms. The van der Waals surface area contributed by atoms with Crippen molar-refractivity contribution in [1.82, 2.24) is 0 Å². The number of allylic oxidation sites excluding steroid dienone is 1. The minimum Gasteiger partial charge on any atom is -0.352 e. The zero-order valence-electron chi connectivity index (χ0n) is 22.0. The van der Waals surface area contributed by atoms with Crippen molar-refractivity contribution in [3.8, 4) is 0 Å². The number of carbonyl (C=O) groups excluding carboxylic acids is 3. The molecule has 0 saturated carbocycles. The van der Waals surface area contributed by atoms with Gasteiger partial charge < -0.3 is 10.2 Å². The van der Waals surface area contributed by atoms with Gasteiger partial charge in [0.1, 0.15) is 17.3 Å². The fourth-order valence-corrected chi connectivity index (χ4v) is 7.09. The molecule has 4 aromatic carbocycles. The molecule has 4 aromatic rings. The van der Waals surface area contributed by atoms with Crippen LogP contribution < -0.4 is 10.2 Å². The van der Waals surface area contributed by atoms with Crippen LogP contribution in [-0.2, 0) is 10.2 Å². The summed E-state index contributed by atoms with van der Waals surface area (Å²) in [7, 11) is 0. The second-order valence-electron chi connectivity index (χ2n) is 10.8. The van der Waals surface area contributed by atoms with E-state index in [1.165, 1.54) is 24.3 Å². The second kappa shape index (κ2) is 9.25. The largest absolute Gasteiger partial charge is 0.352 e. The molecule has 0 unspecified atom stereocenters. The summed E-state index contributed by atoms with van der Waals surface area (Å²) in [6.45, 7) is 1.98. The molecular formula is C34H24ClFN2O3. The number of hydrogen-bond acceptors (Lipinski definition) is 4. The molecule has 3 aliphatic heterocycles. The number of nitrogens with zero attached hydrogens (tertiary/aromatic N) is 1. The summed E-state index contributed by atoms with van der Waals surface area (Å²) >= 11 is 6.15. The summed E-state index contributed by atoms with van der Waals surface area (Å²) in [4.78, 5) is 45.6. The lowest BCUT2D eigenvalue weighted by Crippen LogP contribution is -2.51. The van der Waals surface area contributed by atoms with E-state index in [-0.39, 0.29) is 17.3 Å². The predicted molar refractivity (Wildman–Crippen MR) is 157 cm³/mol. The summed E-state index contributed by atoms with van der Waals surface area (Å²) in [5, 5.41) is 3.50. The summed E-state index contributed by atoms with van der Waals surface area (Å²) in [6, 6.07) is 25.2. The number of rotatable bonds is 4. The average Bonchev–Trinajstić information content (AvgIpc) is 3.45. The van der Waals surface area contributed by atoms with Gasteiger partial charge in [-0.05, 0) is 78.7 Å². The lowest BCUT2D eigenvalue weighted by Gasteiger charge is -2.39. The lowest BCUT2D eigenvalue weighted by molar-refractivity contribution is -0.121. The Labute approximate surface area is 241 Å². The SMILES string of the molecule is CC1=C[C@H]2N(c3ccccc31)[C@@H](C(=O)c1ccc(Cl)cc1)[C@@H](C(=O)c1ccc(F)cc1)[C@@]21C(=O)Nc2ccccc21. The number of halogens is 2. The molecule has 0 aromatic heterocycles. The molecule has 7 rings (SSSR count). The Hall–Kier alpha value is -4.55. The maximum Gasteiger partial charge on any atom is 0.238 e. The molecule has 202 valence electrons. The molecule has 1 saturated heterocycles. The van der Waals surface area contributed by atoms with E-state index >= 15 is 0 Å². The Morgan fingerprint density at radius 2 is 1.49 bits per heavy atom. The van der Waals surface area contributed by atoms with Gasteiger partial charge in [0.05, 0.1) is 12.0 Å². The Bertz CT molecular complexity index is 1780. The van der Waals surface area contributed by atoms with Crippen LogP contribution in [0, 0.1) is 11.7 Å². The van der Waals surface area contributed by atoms with Crippen LogP contribution in [0.4, 0.5) is 15.8 Å². The Morgan fingerprint density at radius 3 is 2.24 bits per heavy atom. The van der Waals surface area contributed by atoms with Gasteiger partial charge in [-0.25, -0.2) is 4.39 Å². The van der Waals surface area contributed by atoms with Gasteiger partial charge in [-0.15, -0.1) is 0 Å². The van der Waals surface area contributed by atoms with Crippen molar-refractivity contribution in [2.24, 2.45) is 5.92 Å². The zero-order valence-corrected chi connectivity index (χ0v) is 22.7. The molecule has 41 heavy (non-hydrogen) atoms. The van der Waals surface area contributed by atoms with Gasteiger partial charge in [-0.3, -0.25) is 14.4 Å². The normalized spacial score (nSPS) is 23.9. The van der Waals surface area contributed by atoms with E-state index < -0.39 is 35.0 Å². The molecule has 4 atom stereocenters. The van der Waals surface area contributed by atoms with Crippen LogP contribution >= 0.6 is 11.6 Å². The minimum absolute atomic E-state index is 0.232. The first-order chi connectivity index (χ1) is 19.8. The van der Waals surface area contributed by atoms with Crippen molar-refractivity contribution < 1.29 is 18.8 Å². The molecule has 1 N–H and O–H groups in total. The third-order valence-electron chi connectivity index (χ3n) is 8.69. The lowest BCUT2D eigenvalue weighted by atomic mass is 9.64. The van der Waals surface area contributed by atoms with E-state index in [9.17, 15) is 18.8 Å². The molecule has 3 heterocycles. The van der Waals surface area contributed by atoms with Crippen LogP contribution in [0.2, 0.25) is 5.02 Å². The van der Waals surface area contributed by atoms with Crippen LogP contribution in [0.25, 0.3) is 5.57 Å². The zero-order chi connectivity index (χ0) is 28.5. The van der Waals surface area contributed by atoms with Crippen LogP contribution in [0.5, 0.6) is 0 Å². The molecule has 1 amide bonds. The van der Waals surface area contributed by atoms with Crippen molar-refractivity contribution in [3.05, 3.63) is 136 Å². The van der Waals surface area contributed by atoms with Gasteiger partial charge in [-0.2, -0.15) is 0 Å². The highest BCUT2D eigenvalue weighted by Gasteiger charge is 2.70. The first-order valence-electron chi connectivity index (χ1n) is 13.4. The van der Waals surface area contributed by atoms with E-state index in [0.717, 1.165) is 16.8 Å². The third-order valence-corrected chi connectivity index (χ3v) is 8.94. The highest BCUT2D eigenvalue weighted by atomic mass is 35.5.